The van der Waals surface area contributed by atoms with Crippen LogP contribution in [0.15, 0.2) is 21.9 Å². The largest absolute Gasteiger partial charge is 0.346 e. The van der Waals surface area contributed by atoms with E-state index in [4.69, 9.17) is 30.1 Å². The highest BCUT2D eigenvalue weighted by Crippen LogP contribution is 2.58. The summed E-state index contributed by atoms with van der Waals surface area (Å²) in [6.07, 6.45) is 0.945. The fourth-order valence-corrected chi connectivity index (χ4v) is 4.22. The highest BCUT2D eigenvalue weighted by molar-refractivity contribution is 8.07. The molecule has 10 heteroatoms. The molecule has 4 atom stereocenters. The second kappa shape index (κ2) is 5.12. The summed E-state index contributed by atoms with van der Waals surface area (Å²) in [4.78, 5) is 25.2. The maximum absolute atomic E-state index is 11.8. The lowest BCUT2D eigenvalue weighted by molar-refractivity contribution is -0.129. The Morgan fingerprint density at radius 2 is 2.33 bits per heavy atom. The summed E-state index contributed by atoms with van der Waals surface area (Å²) in [7, 11) is 1.45. The number of nitrogens with zero attached hydrogens (tertiary/aromatic N) is 1. The first-order chi connectivity index (χ1) is 9.85. The molecule has 0 amide bonds. The lowest BCUT2D eigenvalue weighted by Crippen LogP contribution is -2.45. The second-order valence-electron chi connectivity index (χ2n) is 5.14. The van der Waals surface area contributed by atoms with Crippen molar-refractivity contribution in [2.45, 2.75) is 31.3 Å². The van der Waals surface area contributed by atoms with E-state index in [9.17, 15) is 9.59 Å². The summed E-state index contributed by atoms with van der Waals surface area (Å²) >= 11 is 5.20. The van der Waals surface area contributed by atoms with Crippen LogP contribution >= 0.6 is 6.72 Å². The molecule has 1 N–H and O–H groups in total. The van der Waals surface area contributed by atoms with Crippen molar-refractivity contribution in [3.63, 3.8) is 0 Å². The van der Waals surface area contributed by atoms with Crippen LogP contribution in [0.4, 0.5) is 0 Å². The molecule has 0 aromatic carbocycles. The summed E-state index contributed by atoms with van der Waals surface area (Å²) in [5.41, 5.74) is -1.68. The highest BCUT2D eigenvalue weighted by Gasteiger charge is 2.53. The molecule has 2 aliphatic rings. The summed E-state index contributed by atoms with van der Waals surface area (Å²) in [6, 6.07) is 1.27. The van der Waals surface area contributed by atoms with E-state index in [1.165, 1.54) is 23.9 Å². The molecule has 0 bridgehead atoms. The zero-order valence-electron chi connectivity index (χ0n) is 11.5. The van der Waals surface area contributed by atoms with Crippen LogP contribution in [0, 0.1) is 0 Å². The molecule has 3 rings (SSSR count). The minimum atomic E-state index is -2.74. The van der Waals surface area contributed by atoms with E-state index in [0.29, 0.717) is 6.42 Å². The molecule has 1 aromatic heterocycles. The molecular weight excluding hydrogens is 319 g/mol. The smallest absolute Gasteiger partial charge is 0.330 e. The van der Waals surface area contributed by atoms with E-state index >= 15 is 0 Å². The van der Waals surface area contributed by atoms with Crippen molar-refractivity contribution >= 4 is 18.5 Å². The van der Waals surface area contributed by atoms with Gasteiger partial charge >= 0.3 is 12.4 Å². The number of nitrogens with one attached hydrogen (secondary N) is 1. The van der Waals surface area contributed by atoms with Crippen molar-refractivity contribution in [3.05, 3.63) is 33.1 Å². The van der Waals surface area contributed by atoms with Crippen LogP contribution in [0.2, 0.25) is 0 Å². The minimum Gasteiger partial charge on any atom is -0.346 e. The second-order valence-corrected chi connectivity index (χ2v) is 8.21. The predicted molar refractivity (Wildman–Crippen MR) is 76.6 cm³/mol. The van der Waals surface area contributed by atoms with Crippen LogP contribution in [0.25, 0.3) is 0 Å². The summed E-state index contributed by atoms with van der Waals surface area (Å²) in [5, 5.41) is 0. The number of ether oxygens (including phenoxy) is 1. The van der Waals surface area contributed by atoms with E-state index in [-0.39, 0.29) is 12.7 Å². The zero-order chi connectivity index (χ0) is 15.3. The number of hydrogen-bond donors (Lipinski definition) is 1. The van der Waals surface area contributed by atoms with E-state index < -0.39 is 29.8 Å². The first-order valence-corrected chi connectivity index (χ1v) is 8.89. The van der Waals surface area contributed by atoms with Gasteiger partial charge in [-0.3, -0.25) is 14.3 Å². The van der Waals surface area contributed by atoms with E-state index in [1.807, 2.05) is 6.92 Å². The van der Waals surface area contributed by atoms with Crippen molar-refractivity contribution in [1.82, 2.24) is 9.55 Å². The van der Waals surface area contributed by atoms with Gasteiger partial charge in [0.05, 0.1) is 6.61 Å². The lowest BCUT2D eigenvalue weighted by Gasteiger charge is -2.38. The topological polar surface area (TPSA) is 91.8 Å². The van der Waals surface area contributed by atoms with Crippen LogP contribution in [-0.2, 0) is 30.1 Å². The Morgan fingerprint density at radius 1 is 1.57 bits per heavy atom. The number of rotatable bonds is 2. The van der Waals surface area contributed by atoms with Crippen molar-refractivity contribution in [2.75, 3.05) is 13.7 Å². The quantitative estimate of drug-likeness (QED) is 0.788. The molecule has 0 radical (unpaired) electrons. The van der Waals surface area contributed by atoms with Crippen molar-refractivity contribution in [2.24, 2.45) is 0 Å². The Balaban J connectivity index is 1.88. The first-order valence-electron chi connectivity index (χ1n) is 6.33. The zero-order valence-corrected chi connectivity index (χ0v) is 13.2. The van der Waals surface area contributed by atoms with Gasteiger partial charge < -0.3 is 18.3 Å². The molecule has 2 saturated heterocycles. The molecule has 2 fully saturated rings. The molecule has 1 aromatic rings. The fourth-order valence-electron chi connectivity index (χ4n) is 2.46. The Morgan fingerprint density at radius 3 is 3.00 bits per heavy atom. The molecule has 8 nitrogen and oxygen atoms in total. The maximum atomic E-state index is 11.8. The van der Waals surface area contributed by atoms with E-state index in [1.54, 1.807) is 0 Å². The van der Waals surface area contributed by atoms with Crippen LogP contribution < -0.4 is 11.2 Å². The lowest BCUT2D eigenvalue weighted by atomic mass is 10.0. The van der Waals surface area contributed by atoms with Gasteiger partial charge in [0.15, 0.2) is 0 Å². The summed E-state index contributed by atoms with van der Waals surface area (Å²) in [5.74, 6) is 0. The molecule has 3 heterocycles. The van der Waals surface area contributed by atoms with Crippen LogP contribution in [-0.4, -0.2) is 35.0 Å². The molecule has 0 saturated carbocycles. The standard InChI is InChI=1S/C11H15N2O6PS/c1-11-6-17-20(21,16-2)19-7(11)5-9(18-11)13-4-3-8(14)12-10(13)15/h3-4,7,9H,5-6H2,1-2H3,(H,12,14,15)/t7-,9+,11+,20?/m0/s1. The van der Waals surface area contributed by atoms with Crippen LogP contribution in [0.5, 0.6) is 0 Å². The molecule has 116 valence electrons. The van der Waals surface area contributed by atoms with Gasteiger partial charge in [0, 0.05) is 25.8 Å². The number of aromatic amines is 1. The van der Waals surface area contributed by atoms with Gasteiger partial charge in [-0.1, -0.05) is 0 Å². The number of aromatic nitrogens is 2. The third-order valence-corrected chi connectivity index (χ3v) is 6.08. The number of hydrogen-bond acceptors (Lipinski definition) is 7. The Bertz CT molecular complexity index is 717. The highest BCUT2D eigenvalue weighted by atomic mass is 32.5. The maximum Gasteiger partial charge on any atom is 0.330 e. The third kappa shape index (κ3) is 2.65. The average molecular weight is 334 g/mol. The minimum absolute atomic E-state index is 0.234. The first kappa shape index (κ1) is 15.1. The van der Waals surface area contributed by atoms with Gasteiger partial charge in [0.25, 0.3) is 5.56 Å². The van der Waals surface area contributed by atoms with Crippen LogP contribution in [0.3, 0.4) is 0 Å². The van der Waals surface area contributed by atoms with Gasteiger partial charge in [-0.05, 0) is 18.7 Å². The van der Waals surface area contributed by atoms with E-state index in [0.717, 1.165) is 0 Å². The summed E-state index contributed by atoms with van der Waals surface area (Å²) < 4.78 is 23.6. The number of H-pyrrole nitrogens is 1. The Hall–Kier alpha value is -0.830. The van der Waals surface area contributed by atoms with Crippen molar-refractivity contribution in [3.8, 4) is 0 Å². The van der Waals surface area contributed by atoms with Gasteiger partial charge in [0.2, 0.25) is 0 Å². The Labute approximate surface area is 125 Å². The van der Waals surface area contributed by atoms with Crippen molar-refractivity contribution in [1.29, 1.82) is 0 Å². The van der Waals surface area contributed by atoms with Gasteiger partial charge in [0.1, 0.15) is 17.9 Å². The van der Waals surface area contributed by atoms with Crippen LogP contribution in [0.1, 0.15) is 19.6 Å². The molecule has 0 spiro atoms. The number of fused-ring (bicyclic) bond motifs is 1. The average Bonchev–Trinajstić information content (AvgIpc) is 2.75. The molecule has 0 aliphatic carbocycles. The van der Waals surface area contributed by atoms with Gasteiger partial charge in [-0.25, -0.2) is 4.79 Å². The molecular formula is C11H15N2O6PS. The fraction of sp³-hybridized carbons (Fsp3) is 0.636. The monoisotopic (exact) mass is 334 g/mol. The van der Waals surface area contributed by atoms with Crippen molar-refractivity contribution < 1.29 is 18.3 Å². The SMILES string of the molecule is COP1(=S)OC[C@@]2(C)O[C@@H](n3ccc(=O)[nH]c3=O)C[C@@H]2O1. The summed E-state index contributed by atoms with van der Waals surface area (Å²) in [6.45, 7) is -0.667. The normalized spacial score (nSPS) is 39.1. The van der Waals surface area contributed by atoms with E-state index in [2.05, 4.69) is 4.98 Å². The molecule has 21 heavy (non-hydrogen) atoms. The third-order valence-electron chi connectivity index (χ3n) is 3.65. The van der Waals surface area contributed by atoms with Gasteiger partial charge in [-0.15, -0.1) is 0 Å². The Kier molecular flexibility index (Phi) is 3.67. The molecule has 2 aliphatic heterocycles. The molecule has 1 unspecified atom stereocenters. The predicted octanol–water partition coefficient (Wildman–Crippen LogP) is 0.500. The van der Waals surface area contributed by atoms with Gasteiger partial charge in [-0.2, -0.15) is 0 Å².